The summed E-state index contributed by atoms with van der Waals surface area (Å²) in [7, 11) is 1.67. The number of aryl methyl sites for hydroxylation is 2. The number of fused-ring (bicyclic) bond motifs is 1. The van der Waals surface area contributed by atoms with Crippen LogP contribution in [0.2, 0.25) is 0 Å². The average Bonchev–Trinajstić information content (AvgIpc) is 2.88. The van der Waals surface area contributed by atoms with Crippen molar-refractivity contribution in [1.29, 1.82) is 0 Å². The van der Waals surface area contributed by atoms with Crippen molar-refractivity contribution < 1.29 is 4.74 Å². The molecule has 0 aliphatic carbocycles. The molecule has 0 unspecified atom stereocenters. The van der Waals surface area contributed by atoms with Crippen molar-refractivity contribution in [3.8, 4) is 5.75 Å². The van der Waals surface area contributed by atoms with E-state index in [1.807, 2.05) is 28.9 Å². The third-order valence-electron chi connectivity index (χ3n) is 3.23. The molecule has 0 spiro atoms. The topological polar surface area (TPSA) is 26.5 Å². The van der Waals surface area contributed by atoms with Crippen LogP contribution < -0.4 is 4.74 Å². The summed E-state index contributed by atoms with van der Waals surface area (Å²) in [4.78, 5) is 0. The van der Waals surface area contributed by atoms with Crippen molar-refractivity contribution in [3.63, 3.8) is 0 Å². The van der Waals surface area contributed by atoms with Gasteiger partial charge in [0.2, 0.25) is 0 Å². The quantitative estimate of drug-likeness (QED) is 0.713. The lowest BCUT2D eigenvalue weighted by Gasteiger charge is -1.99. The molecule has 3 aromatic rings. The predicted molar refractivity (Wildman–Crippen MR) is 75.6 cm³/mol. The number of hydrogen-bond acceptors (Lipinski definition) is 2. The van der Waals surface area contributed by atoms with E-state index in [4.69, 9.17) is 4.74 Å². The lowest BCUT2D eigenvalue weighted by Crippen LogP contribution is -1.93. The number of pyridine rings is 1. The Kier molecular flexibility index (Phi) is 3.19. The summed E-state index contributed by atoms with van der Waals surface area (Å²) < 4.78 is 7.07. The highest BCUT2D eigenvalue weighted by atomic mass is 16.5. The Morgan fingerprint density at radius 3 is 2.68 bits per heavy atom. The summed E-state index contributed by atoms with van der Waals surface area (Å²) in [5, 5.41) is 4.57. The first-order valence-electron chi connectivity index (χ1n) is 6.41. The van der Waals surface area contributed by atoms with Gasteiger partial charge in [-0.2, -0.15) is 5.10 Å². The van der Waals surface area contributed by atoms with Crippen LogP contribution in [-0.2, 0) is 12.8 Å². The van der Waals surface area contributed by atoms with Crippen LogP contribution >= 0.6 is 0 Å². The summed E-state index contributed by atoms with van der Waals surface area (Å²) >= 11 is 0. The fourth-order valence-corrected chi connectivity index (χ4v) is 2.18. The van der Waals surface area contributed by atoms with Crippen LogP contribution in [-0.4, -0.2) is 16.7 Å². The molecule has 0 fully saturated rings. The van der Waals surface area contributed by atoms with Gasteiger partial charge in [-0.15, -0.1) is 0 Å². The first kappa shape index (κ1) is 11.8. The highest BCUT2D eigenvalue weighted by molar-refractivity contribution is 5.49. The number of benzene rings is 1. The molecule has 3 heteroatoms. The second-order valence-corrected chi connectivity index (χ2v) is 4.56. The van der Waals surface area contributed by atoms with E-state index in [9.17, 15) is 0 Å². The van der Waals surface area contributed by atoms with Gasteiger partial charge in [0.1, 0.15) is 5.75 Å². The van der Waals surface area contributed by atoms with E-state index in [1.54, 1.807) is 7.11 Å². The number of nitrogens with zero attached hydrogens (tertiary/aromatic N) is 2. The molecule has 3 nitrogen and oxygen atoms in total. The average molecular weight is 252 g/mol. The van der Waals surface area contributed by atoms with Crippen molar-refractivity contribution >= 4 is 5.52 Å². The molecule has 0 radical (unpaired) electrons. The van der Waals surface area contributed by atoms with Gasteiger partial charge in [-0.25, -0.2) is 4.52 Å². The Morgan fingerprint density at radius 2 is 1.89 bits per heavy atom. The Labute approximate surface area is 112 Å². The molecule has 0 amide bonds. The van der Waals surface area contributed by atoms with Crippen LogP contribution in [0, 0.1) is 0 Å². The maximum atomic E-state index is 5.20. The Bertz CT molecular complexity index is 674. The van der Waals surface area contributed by atoms with Crippen molar-refractivity contribution in [2.45, 2.75) is 12.8 Å². The molecule has 2 heterocycles. The number of hydrogen-bond donors (Lipinski definition) is 0. The monoisotopic (exact) mass is 252 g/mol. The number of methoxy groups -OCH3 is 1. The highest BCUT2D eigenvalue weighted by Gasteiger charge is 2.03. The van der Waals surface area contributed by atoms with E-state index in [-0.39, 0.29) is 0 Å². The molecule has 96 valence electrons. The first-order valence-corrected chi connectivity index (χ1v) is 6.41. The van der Waals surface area contributed by atoms with E-state index in [0.29, 0.717) is 0 Å². The van der Waals surface area contributed by atoms with Gasteiger partial charge in [0, 0.05) is 0 Å². The Morgan fingerprint density at radius 1 is 1.05 bits per heavy atom. The van der Waals surface area contributed by atoms with Crippen LogP contribution in [0.1, 0.15) is 11.3 Å². The van der Waals surface area contributed by atoms with Crippen molar-refractivity contribution in [2.75, 3.05) is 7.11 Å². The van der Waals surface area contributed by atoms with Gasteiger partial charge in [-0.05, 0) is 36.6 Å². The minimum atomic E-state index is 0.824. The van der Waals surface area contributed by atoms with Crippen molar-refractivity contribution in [2.24, 2.45) is 0 Å². The fourth-order valence-electron chi connectivity index (χ4n) is 2.18. The maximum absolute atomic E-state index is 5.20. The normalized spacial score (nSPS) is 10.8. The zero-order valence-electron chi connectivity index (χ0n) is 10.9. The highest BCUT2D eigenvalue weighted by Crippen LogP contribution is 2.15. The van der Waals surface area contributed by atoms with Crippen molar-refractivity contribution in [1.82, 2.24) is 9.61 Å². The van der Waals surface area contributed by atoms with Crippen LogP contribution in [0.4, 0.5) is 0 Å². The summed E-state index contributed by atoms with van der Waals surface area (Å²) in [6.45, 7) is 0. The lowest BCUT2D eigenvalue weighted by atomic mass is 10.1. The Balaban J connectivity index is 1.78. The van der Waals surface area contributed by atoms with Gasteiger partial charge >= 0.3 is 0 Å². The van der Waals surface area contributed by atoms with Gasteiger partial charge in [0.25, 0.3) is 0 Å². The smallest absolute Gasteiger partial charge is 0.137 e. The summed E-state index contributed by atoms with van der Waals surface area (Å²) in [5.74, 6) is 0.824. The molecule has 0 aliphatic heterocycles. The summed E-state index contributed by atoms with van der Waals surface area (Å²) in [6.07, 6.45) is 3.87. The number of aromatic nitrogens is 2. The molecular formula is C16H16N2O. The molecule has 19 heavy (non-hydrogen) atoms. The SMILES string of the molecule is COc1ccc2cc(CCc3ccccc3)nn2c1. The molecule has 3 rings (SSSR count). The van der Waals surface area contributed by atoms with Crippen LogP contribution in [0.25, 0.3) is 5.52 Å². The zero-order chi connectivity index (χ0) is 13.1. The van der Waals surface area contributed by atoms with Gasteiger partial charge < -0.3 is 4.74 Å². The second-order valence-electron chi connectivity index (χ2n) is 4.56. The minimum absolute atomic E-state index is 0.824. The molecule has 0 aliphatic rings. The van der Waals surface area contributed by atoms with Crippen LogP contribution in [0.15, 0.2) is 54.7 Å². The van der Waals surface area contributed by atoms with Gasteiger partial charge in [0.05, 0.1) is 24.5 Å². The van der Waals surface area contributed by atoms with E-state index in [0.717, 1.165) is 29.8 Å². The second kappa shape index (κ2) is 5.14. The van der Waals surface area contributed by atoms with Gasteiger partial charge in [-0.3, -0.25) is 0 Å². The number of rotatable bonds is 4. The van der Waals surface area contributed by atoms with Gasteiger partial charge in [-0.1, -0.05) is 30.3 Å². The van der Waals surface area contributed by atoms with Crippen LogP contribution in [0.3, 0.4) is 0 Å². The summed E-state index contributed by atoms with van der Waals surface area (Å²) in [5.41, 5.74) is 3.55. The van der Waals surface area contributed by atoms with E-state index >= 15 is 0 Å². The van der Waals surface area contributed by atoms with E-state index < -0.39 is 0 Å². The number of ether oxygens (including phenoxy) is 1. The predicted octanol–water partition coefficient (Wildman–Crippen LogP) is 3.13. The van der Waals surface area contributed by atoms with E-state index in [2.05, 4.69) is 35.4 Å². The maximum Gasteiger partial charge on any atom is 0.137 e. The lowest BCUT2D eigenvalue weighted by molar-refractivity contribution is 0.411. The van der Waals surface area contributed by atoms with Gasteiger partial charge in [0.15, 0.2) is 0 Å². The molecule has 2 aromatic heterocycles. The largest absolute Gasteiger partial charge is 0.495 e. The zero-order valence-corrected chi connectivity index (χ0v) is 10.9. The molecule has 0 saturated carbocycles. The standard InChI is InChI=1S/C16H16N2O/c1-19-16-10-9-15-11-14(17-18(15)12-16)8-7-13-5-3-2-4-6-13/h2-6,9-12H,7-8H2,1H3. The molecule has 0 bridgehead atoms. The molecule has 0 atom stereocenters. The fraction of sp³-hybridized carbons (Fsp3) is 0.188. The summed E-state index contributed by atoms with van der Waals surface area (Å²) in [6, 6.07) is 16.6. The molecular weight excluding hydrogens is 236 g/mol. The van der Waals surface area contributed by atoms with Crippen LogP contribution in [0.5, 0.6) is 5.75 Å². The Hall–Kier alpha value is -2.29. The third-order valence-corrected chi connectivity index (χ3v) is 3.23. The third kappa shape index (κ3) is 2.60. The van der Waals surface area contributed by atoms with E-state index in [1.165, 1.54) is 5.56 Å². The molecule has 1 aromatic carbocycles. The van der Waals surface area contributed by atoms with Crippen molar-refractivity contribution in [3.05, 3.63) is 66.0 Å². The minimum Gasteiger partial charge on any atom is -0.495 e. The molecule has 0 N–H and O–H groups in total. The first-order chi connectivity index (χ1) is 9.35. The molecule has 0 saturated heterocycles.